The number of ether oxygens (including phenoxy) is 1. The highest BCUT2D eigenvalue weighted by atomic mass is 16.5. The Morgan fingerprint density at radius 1 is 1.11 bits per heavy atom. The van der Waals surface area contributed by atoms with Crippen LogP contribution in [0.15, 0.2) is 61.1 Å². The molecule has 2 unspecified atom stereocenters. The molecular weight excluding hydrogens is 470 g/mol. The summed E-state index contributed by atoms with van der Waals surface area (Å²) in [6.07, 6.45) is 4.96. The van der Waals surface area contributed by atoms with Crippen LogP contribution >= 0.6 is 0 Å². The van der Waals surface area contributed by atoms with E-state index in [4.69, 9.17) is 4.74 Å². The van der Waals surface area contributed by atoms with Crippen LogP contribution in [0.3, 0.4) is 0 Å². The number of aromatic nitrogens is 5. The number of fused-ring (bicyclic) bond motifs is 3. The zero-order chi connectivity index (χ0) is 25.7. The molecule has 2 aromatic carbocycles. The highest BCUT2D eigenvalue weighted by Gasteiger charge is 2.45. The van der Waals surface area contributed by atoms with Gasteiger partial charge in [0.1, 0.15) is 17.7 Å². The van der Waals surface area contributed by atoms with Gasteiger partial charge in [0, 0.05) is 47.2 Å². The fourth-order valence-corrected chi connectivity index (χ4v) is 4.89. The van der Waals surface area contributed by atoms with Crippen molar-refractivity contribution in [2.24, 2.45) is 0 Å². The summed E-state index contributed by atoms with van der Waals surface area (Å²) in [4.78, 5) is 35.3. The average Bonchev–Trinajstić information content (AvgIpc) is 3.67. The Bertz CT molecular complexity index is 1470. The maximum atomic E-state index is 13.2. The predicted molar refractivity (Wildman–Crippen MR) is 136 cm³/mol. The van der Waals surface area contributed by atoms with E-state index in [0.29, 0.717) is 30.0 Å². The van der Waals surface area contributed by atoms with Crippen molar-refractivity contribution < 1.29 is 14.3 Å². The van der Waals surface area contributed by atoms with Crippen molar-refractivity contribution in [1.29, 1.82) is 0 Å². The lowest BCUT2D eigenvalue weighted by atomic mass is 9.96. The van der Waals surface area contributed by atoms with E-state index < -0.39 is 0 Å². The second-order valence-electron chi connectivity index (χ2n) is 10.4. The van der Waals surface area contributed by atoms with Gasteiger partial charge in [-0.3, -0.25) is 9.59 Å². The Morgan fingerprint density at radius 3 is 2.62 bits per heavy atom. The molecule has 4 heterocycles. The van der Waals surface area contributed by atoms with Crippen LogP contribution in [0.1, 0.15) is 53.1 Å². The van der Waals surface area contributed by atoms with Crippen LogP contribution in [-0.4, -0.2) is 60.9 Å². The molecule has 188 valence electrons. The smallest absolute Gasteiger partial charge is 0.276 e. The van der Waals surface area contributed by atoms with Gasteiger partial charge in [-0.2, -0.15) is 0 Å². The van der Waals surface area contributed by atoms with Crippen molar-refractivity contribution in [3.8, 4) is 17.1 Å². The predicted octanol–water partition coefficient (Wildman–Crippen LogP) is 3.68. The molecule has 2 atom stereocenters. The quantitative estimate of drug-likeness (QED) is 0.444. The Kier molecular flexibility index (Phi) is 5.32. The average molecular weight is 498 g/mol. The molecule has 2 aliphatic rings. The number of likely N-dealkylation sites (tertiary alicyclic amines) is 1. The number of aromatic amines is 1. The molecule has 2 aliphatic heterocycles. The number of H-pyrrole nitrogens is 1. The lowest BCUT2D eigenvalue weighted by molar-refractivity contribution is 0.0765. The molecule has 4 aromatic rings. The van der Waals surface area contributed by atoms with Crippen molar-refractivity contribution in [1.82, 2.24) is 29.9 Å². The van der Waals surface area contributed by atoms with Crippen LogP contribution in [0, 0.1) is 0 Å². The summed E-state index contributed by atoms with van der Waals surface area (Å²) in [6.45, 7) is 6.94. The lowest BCUT2D eigenvalue weighted by Gasteiger charge is -2.18. The molecule has 2 aromatic heterocycles. The minimum atomic E-state index is -0.263. The van der Waals surface area contributed by atoms with E-state index in [2.05, 4.69) is 25.6 Å². The fraction of sp³-hybridized carbons (Fsp3) is 0.296. The summed E-state index contributed by atoms with van der Waals surface area (Å²) in [5, 5.41) is 11.3. The summed E-state index contributed by atoms with van der Waals surface area (Å²) < 4.78 is 7.89. The Morgan fingerprint density at radius 2 is 1.92 bits per heavy atom. The second kappa shape index (κ2) is 8.58. The van der Waals surface area contributed by atoms with Gasteiger partial charge in [0.25, 0.3) is 11.8 Å². The normalized spacial score (nSPS) is 18.3. The molecule has 2 amide bonds. The third-order valence-electron chi connectivity index (χ3n) is 6.84. The molecule has 0 aliphatic carbocycles. The van der Waals surface area contributed by atoms with Crippen LogP contribution in [0.4, 0.5) is 5.69 Å². The minimum absolute atomic E-state index is 0.0468. The molecule has 1 saturated heterocycles. The molecule has 1 fully saturated rings. The van der Waals surface area contributed by atoms with Crippen molar-refractivity contribution >= 4 is 17.5 Å². The number of carbonyl (C=O) groups excluding carboxylic acids is 2. The summed E-state index contributed by atoms with van der Waals surface area (Å²) in [5.74, 6) is 1.05. The van der Waals surface area contributed by atoms with Crippen LogP contribution in [0.25, 0.3) is 11.4 Å². The molecule has 10 heteroatoms. The number of anilines is 1. The summed E-state index contributed by atoms with van der Waals surface area (Å²) in [5.41, 5.74) is 3.10. The van der Waals surface area contributed by atoms with Gasteiger partial charge in [0.2, 0.25) is 0 Å². The number of imidazole rings is 1. The van der Waals surface area contributed by atoms with Gasteiger partial charge in [-0.25, -0.2) is 9.67 Å². The van der Waals surface area contributed by atoms with Crippen LogP contribution in [-0.2, 0) is 5.54 Å². The zero-order valence-electron chi connectivity index (χ0n) is 20.8. The molecule has 6 rings (SSSR count). The molecule has 0 spiro atoms. The van der Waals surface area contributed by atoms with E-state index in [0.717, 1.165) is 22.7 Å². The van der Waals surface area contributed by atoms with Gasteiger partial charge in [0.05, 0.1) is 18.3 Å². The Hall–Kier alpha value is -4.47. The van der Waals surface area contributed by atoms with Crippen LogP contribution in [0.2, 0.25) is 0 Å². The van der Waals surface area contributed by atoms with Gasteiger partial charge in [-0.15, -0.1) is 5.10 Å². The maximum absolute atomic E-state index is 13.2. The van der Waals surface area contributed by atoms with E-state index >= 15 is 0 Å². The number of amides is 2. The van der Waals surface area contributed by atoms with Gasteiger partial charge < -0.3 is 19.9 Å². The first-order chi connectivity index (χ1) is 17.8. The van der Waals surface area contributed by atoms with E-state index in [-0.39, 0.29) is 29.4 Å². The second-order valence-corrected chi connectivity index (χ2v) is 10.4. The van der Waals surface area contributed by atoms with E-state index in [1.165, 1.54) is 0 Å². The standard InChI is InChI=1S/C27H27N7O3/c1-27(2,3)34-14-20(31-32-34)26(36)33-13-18-22(15-33)37-21-6-4-5-19(23(18)21)30-25(35)17-9-7-16(8-10-17)24-28-11-12-29-24/h4-12,14,18,22H,13,15H2,1-3H3,(H,28,29)(H,30,35). The number of hydrogen-bond donors (Lipinski definition) is 2. The van der Waals surface area contributed by atoms with Crippen LogP contribution in [0.5, 0.6) is 5.75 Å². The van der Waals surface area contributed by atoms with Gasteiger partial charge in [-0.05, 0) is 45.0 Å². The fourth-order valence-electron chi connectivity index (χ4n) is 4.89. The summed E-state index contributed by atoms with van der Waals surface area (Å²) in [6, 6.07) is 12.9. The van der Waals surface area contributed by atoms with Gasteiger partial charge >= 0.3 is 0 Å². The van der Waals surface area contributed by atoms with E-state index in [1.54, 1.807) is 40.3 Å². The van der Waals surface area contributed by atoms with Crippen molar-refractivity contribution in [2.45, 2.75) is 38.3 Å². The number of nitrogens with one attached hydrogen (secondary N) is 2. The molecule has 37 heavy (non-hydrogen) atoms. The Balaban J connectivity index is 1.19. The largest absolute Gasteiger partial charge is 0.487 e. The van der Waals surface area contributed by atoms with Crippen LogP contribution < -0.4 is 10.1 Å². The molecule has 10 nitrogen and oxygen atoms in total. The zero-order valence-corrected chi connectivity index (χ0v) is 20.8. The summed E-state index contributed by atoms with van der Waals surface area (Å²) in [7, 11) is 0. The third kappa shape index (κ3) is 4.14. The van der Waals surface area contributed by atoms with Crippen molar-refractivity contribution in [2.75, 3.05) is 18.4 Å². The summed E-state index contributed by atoms with van der Waals surface area (Å²) >= 11 is 0. The number of carbonyl (C=O) groups is 2. The maximum Gasteiger partial charge on any atom is 0.276 e. The number of rotatable bonds is 4. The minimum Gasteiger partial charge on any atom is -0.487 e. The SMILES string of the molecule is CC(C)(C)n1cc(C(=O)N2CC3Oc4cccc(NC(=O)c5ccc(-c6ncc[nH]6)cc5)c4C3C2)nn1. The van der Waals surface area contributed by atoms with Crippen molar-refractivity contribution in [3.63, 3.8) is 0 Å². The highest BCUT2D eigenvalue weighted by molar-refractivity contribution is 6.05. The lowest BCUT2D eigenvalue weighted by Crippen LogP contribution is -2.31. The first-order valence-electron chi connectivity index (χ1n) is 12.2. The molecule has 0 radical (unpaired) electrons. The van der Waals surface area contributed by atoms with E-state index in [1.807, 2.05) is 51.1 Å². The van der Waals surface area contributed by atoms with Gasteiger partial charge in [-0.1, -0.05) is 23.4 Å². The first kappa shape index (κ1) is 23.0. The highest BCUT2D eigenvalue weighted by Crippen LogP contribution is 2.46. The monoisotopic (exact) mass is 497 g/mol. The molecule has 0 saturated carbocycles. The number of hydrogen-bond acceptors (Lipinski definition) is 6. The third-order valence-corrected chi connectivity index (χ3v) is 6.84. The Labute approximate surface area is 213 Å². The molecule has 2 N–H and O–H groups in total. The first-order valence-corrected chi connectivity index (χ1v) is 12.2. The van der Waals surface area contributed by atoms with Crippen molar-refractivity contribution in [3.05, 3.63) is 77.9 Å². The van der Waals surface area contributed by atoms with E-state index in [9.17, 15) is 9.59 Å². The number of nitrogens with zero attached hydrogens (tertiary/aromatic N) is 5. The topological polar surface area (TPSA) is 118 Å². The molecule has 0 bridgehead atoms. The number of benzene rings is 2. The van der Waals surface area contributed by atoms with Gasteiger partial charge in [0.15, 0.2) is 5.69 Å². The molecular formula is C27H27N7O3.